The van der Waals surface area contributed by atoms with Gasteiger partial charge in [-0.3, -0.25) is 4.34 Å². The fourth-order valence-corrected chi connectivity index (χ4v) is 6.30. The Kier molecular flexibility index (Phi) is 6.08. The number of benzene rings is 1. The standard InChI is InChI=1S/C18H18ClF2IN4P2/c1-28(2)13-7-10(9-3-4-9)5-6-11(13)23-12-8-14(19)24-17-15(12)25-18(16(20)21)26(17)27-22/h5-9,16,27H,3-4H2,1-2H3,(H,23,24). The van der Waals surface area contributed by atoms with Crippen molar-refractivity contribution in [1.29, 1.82) is 0 Å². The number of hydrogen-bond acceptors (Lipinski definition) is 3. The second-order valence-electron chi connectivity index (χ2n) is 6.93. The Balaban J connectivity index is 1.82. The summed E-state index contributed by atoms with van der Waals surface area (Å²) in [4.78, 5) is 8.44. The van der Waals surface area contributed by atoms with E-state index in [9.17, 15) is 8.78 Å². The lowest BCUT2D eigenvalue weighted by atomic mass is 10.1. The highest BCUT2D eigenvalue weighted by Crippen LogP contribution is 2.42. The van der Waals surface area contributed by atoms with E-state index in [1.807, 2.05) is 0 Å². The fraction of sp³-hybridized carbons (Fsp3) is 0.333. The molecule has 1 aromatic carbocycles. The molecule has 0 aliphatic heterocycles. The van der Waals surface area contributed by atoms with Gasteiger partial charge >= 0.3 is 0 Å². The lowest BCUT2D eigenvalue weighted by Crippen LogP contribution is -2.09. The van der Waals surface area contributed by atoms with Crippen molar-refractivity contribution in [3.8, 4) is 0 Å². The molecule has 1 aliphatic rings. The Labute approximate surface area is 182 Å². The van der Waals surface area contributed by atoms with Crippen LogP contribution in [0.15, 0.2) is 24.3 Å². The molecule has 1 fully saturated rings. The number of alkyl halides is 2. The lowest BCUT2D eigenvalue weighted by molar-refractivity contribution is 0.140. The largest absolute Gasteiger partial charge is 0.353 e. The SMILES string of the molecule is CP(C)c1cc(C2CC2)ccc1Nc1cc(Cl)nc2c1nc(C(F)F)n2PI. The minimum Gasteiger partial charge on any atom is -0.353 e. The molecule has 2 heterocycles. The first-order valence-corrected chi connectivity index (χ1v) is 15.4. The molecule has 4 nitrogen and oxygen atoms in total. The Bertz CT molecular complexity index is 1040. The first kappa shape index (κ1) is 20.6. The average molecular weight is 553 g/mol. The van der Waals surface area contributed by atoms with Gasteiger partial charge in [-0.05, 0) is 77.1 Å². The maximum atomic E-state index is 13.4. The predicted octanol–water partition coefficient (Wildman–Crippen LogP) is 6.80. The van der Waals surface area contributed by atoms with Crippen molar-refractivity contribution < 1.29 is 8.78 Å². The van der Waals surface area contributed by atoms with Gasteiger partial charge in [0.15, 0.2) is 11.5 Å². The molecule has 1 N–H and O–H groups in total. The second kappa shape index (κ2) is 8.25. The molecule has 3 aromatic rings. The normalized spacial score (nSPS) is 14.9. The molecule has 1 saturated carbocycles. The number of anilines is 2. The third-order valence-electron chi connectivity index (χ3n) is 4.71. The molecular formula is C18H18ClF2IN4P2. The maximum absolute atomic E-state index is 13.4. The Hall–Kier alpha value is -0.620. The Morgan fingerprint density at radius 2 is 2.00 bits per heavy atom. The molecule has 1 atom stereocenters. The molecule has 0 saturated heterocycles. The number of pyridine rings is 1. The van der Waals surface area contributed by atoms with Gasteiger partial charge in [0, 0.05) is 11.8 Å². The summed E-state index contributed by atoms with van der Waals surface area (Å²) in [5, 5.41) is 4.90. The smallest absolute Gasteiger partial charge is 0.295 e. The van der Waals surface area contributed by atoms with Crippen LogP contribution in [0.25, 0.3) is 11.2 Å². The fourth-order valence-electron chi connectivity index (χ4n) is 3.20. The summed E-state index contributed by atoms with van der Waals surface area (Å²) >= 11 is 8.26. The number of nitrogens with zero attached hydrogens (tertiary/aromatic N) is 3. The van der Waals surface area contributed by atoms with Crippen LogP contribution in [0.1, 0.15) is 36.6 Å². The van der Waals surface area contributed by atoms with E-state index in [1.165, 1.54) is 28.0 Å². The summed E-state index contributed by atoms with van der Waals surface area (Å²) in [6, 6.07) is 8.16. The van der Waals surface area contributed by atoms with Gasteiger partial charge in [0.2, 0.25) is 0 Å². The zero-order valence-electron chi connectivity index (χ0n) is 15.2. The van der Waals surface area contributed by atoms with Crippen molar-refractivity contribution in [3.05, 3.63) is 40.8 Å². The van der Waals surface area contributed by atoms with Gasteiger partial charge in [0.05, 0.1) is 12.1 Å². The van der Waals surface area contributed by atoms with Crippen LogP contribution < -0.4 is 10.6 Å². The molecule has 4 rings (SSSR count). The van der Waals surface area contributed by atoms with Gasteiger partial charge in [-0.25, -0.2) is 18.7 Å². The molecule has 0 amide bonds. The molecule has 2 aromatic heterocycles. The van der Waals surface area contributed by atoms with Gasteiger partial charge in [0.1, 0.15) is 10.7 Å². The van der Waals surface area contributed by atoms with Crippen LogP contribution in [0, 0.1) is 0 Å². The zero-order chi connectivity index (χ0) is 20.0. The number of fused-ring (bicyclic) bond motifs is 1. The number of rotatable bonds is 6. The Morgan fingerprint density at radius 1 is 1.25 bits per heavy atom. The lowest BCUT2D eigenvalue weighted by Gasteiger charge is -2.17. The molecule has 0 bridgehead atoms. The molecule has 10 heteroatoms. The number of nitrogens with one attached hydrogen (secondary N) is 1. The van der Waals surface area contributed by atoms with Crippen molar-refractivity contribution in [2.75, 3.05) is 18.6 Å². The van der Waals surface area contributed by atoms with E-state index in [1.54, 1.807) is 6.07 Å². The second-order valence-corrected chi connectivity index (χ2v) is 11.6. The van der Waals surface area contributed by atoms with Gasteiger partial charge in [-0.2, -0.15) is 0 Å². The molecule has 1 unspecified atom stereocenters. The van der Waals surface area contributed by atoms with E-state index in [4.69, 9.17) is 11.6 Å². The van der Waals surface area contributed by atoms with Gasteiger partial charge in [-0.1, -0.05) is 25.6 Å². The molecular weight excluding hydrogens is 535 g/mol. The van der Waals surface area contributed by atoms with Crippen LogP contribution in [-0.2, 0) is 0 Å². The van der Waals surface area contributed by atoms with Crippen LogP contribution in [0.3, 0.4) is 0 Å². The summed E-state index contributed by atoms with van der Waals surface area (Å²) in [5.41, 5.74) is 3.74. The summed E-state index contributed by atoms with van der Waals surface area (Å²) < 4.78 is 28.3. The van der Waals surface area contributed by atoms with Crippen molar-refractivity contribution in [2.45, 2.75) is 25.2 Å². The zero-order valence-corrected chi connectivity index (χ0v) is 20.0. The van der Waals surface area contributed by atoms with Crippen LogP contribution in [-0.4, -0.2) is 27.6 Å². The first-order chi connectivity index (χ1) is 13.4. The van der Waals surface area contributed by atoms with Crippen molar-refractivity contribution in [1.82, 2.24) is 14.3 Å². The number of aromatic nitrogens is 3. The monoisotopic (exact) mass is 552 g/mol. The molecule has 28 heavy (non-hydrogen) atoms. The van der Waals surface area contributed by atoms with Crippen LogP contribution >= 0.6 is 47.9 Å². The van der Waals surface area contributed by atoms with Gasteiger partial charge in [-0.15, -0.1) is 0 Å². The Morgan fingerprint density at radius 3 is 2.61 bits per heavy atom. The molecule has 0 spiro atoms. The van der Waals surface area contributed by atoms with Crippen LogP contribution in [0.5, 0.6) is 0 Å². The van der Waals surface area contributed by atoms with Crippen molar-refractivity contribution >= 4 is 75.8 Å². The maximum Gasteiger partial charge on any atom is 0.295 e. The number of imidazole rings is 1. The third kappa shape index (κ3) is 4.00. The summed E-state index contributed by atoms with van der Waals surface area (Å²) in [6.07, 6.45) is -0.110. The third-order valence-corrected chi connectivity index (χ3v) is 8.30. The van der Waals surface area contributed by atoms with Crippen LogP contribution in [0.2, 0.25) is 5.15 Å². The van der Waals surface area contributed by atoms with Crippen molar-refractivity contribution in [2.24, 2.45) is 0 Å². The minimum absolute atomic E-state index is 0.0549. The van der Waals surface area contributed by atoms with E-state index in [2.05, 4.69) is 68.9 Å². The van der Waals surface area contributed by atoms with E-state index in [0.29, 0.717) is 22.8 Å². The molecule has 1 aliphatic carbocycles. The van der Waals surface area contributed by atoms with Crippen LogP contribution in [0.4, 0.5) is 20.2 Å². The highest BCUT2D eigenvalue weighted by molar-refractivity contribution is 14.2. The summed E-state index contributed by atoms with van der Waals surface area (Å²) in [6.45, 7) is 4.42. The van der Waals surface area contributed by atoms with Gasteiger partial charge < -0.3 is 5.32 Å². The quantitative estimate of drug-likeness (QED) is 0.208. The predicted molar refractivity (Wildman–Crippen MR) is 125 cm³/mol. The van der Waals surface area contributed by atoms with E-state index in [-0.39, 0.29) is 25.3 Å². The van der Waals surface area contributed by atoms with E-state index < -0.39 is 6.43 Å². The summed E-state index contributed by atoms with van der Waals surface area (Å²) in [7, 11) is -0.348. The average Bonchev–Trinajstić information content (AvgIpc) is 3.42. The highest BCUT2D eigenvalue weighted by atomic mass is 127. The first-order valence-electron chi connectivity index (χ1n) is 8.71. The highest BCUT2D eigenvalue weighted by Gasteiger charge is 2.25. The van der Waals surface area contributed by atoms with Crippen molar-refractivity contribution in [3.63, 3.8) is 0 Å². The van der Waals surface area contributed by atoms with E-state index in [0.717, 1.165) is 5.69 Å². The van der Waals surface area contributed by atoms with E-state index >= 15 is 0 Å². The topological polar surface area (TPSA) is 42.7 Å². The molecule has 0 radical (unpaired) electrons. The minimum atomic E-state index is -2.67. The molecule has 148 valence electrons. The number of hydrogen-bond donors (Lipinski definition) is 1. The van der Waals surface area contributed by atoms with Gasteiger partial charge in [0.25, 0.3) is 6.43 Å². The summed E-state index contributed by atoms with van der Waals surface area (Å²) in [5.74, 6) is 0.400. The number of halogens is 4.